The van der Waals surface area contributed by atoms with E-state index in [-0.39, 0.29) is 5.92 Å². The Morgan fingerprint density at radius 1 is 1.15 bits per heavy atom. The van der Waals surface area contributed by atoms with Gasteiger partial charge in [-0.1, -0.05) is 56.3 Å². The first-order valence-electron chi connectivity index (χ1n) is 8.45. The summed E-state index contributed by atoms with van der Waals surface area (Å²) in [6.07, 6.45) is 0. The predicted octanol–water partition coefficient (Wildman–Crippen LogP) is 2.73. The second-order valence-corrected chi connectivity index (χ2v) is 6.44. The van der Waals surface area contributed by atoms with Crippen LogP contribution in [0.1, 0.15) is 19.4 Å². The number of aromatic nitrogens is 4. The molecule has 0 radical (unpaired) electrons. The molecule has 0 fully saturated rings. The van der Waals surface area contributed by atoms with Gasteiger partial charge in [-0.15, -0.1) is 5.10 Å². The monoisotopic (exact) mass is 351 g/mol. The van der Waals surface area contributed by atoms with Gasteiger partial charge < -0.3 is 10.4 Å². The molecule has 0 amide bonds. The molecule has 1 aromatic heterocycles. The van der Waals surface area contributed by atoms with Gasteiger partial charge in [-0.2, -0.15) is 0 Å². The Kier molecular flexibility index (Phi) is 5.38. The van der Waals surface area contributed by atoms with E-state index in [2.05, 4.69) is 25.9 Å². The minimum Gasteiger partial charge on any atom is -0.480 e. The third-order valence-electron chi connectivity index (χ3n) is 4.23. The Balaban J connectivity index is 1.92. The van der Waals surface area contributed by atoms with Crippen molar-refractivity contribution in [3.63, 3.8) is 0 Å². The van der Waals surface area contributed by atoms with Crippen LogP contribution < -0.4 is 5.32 Å². The number of tetrazole rings is 1. The molecule has 0 bridgehead atoms. The summed E-state index contributed by atoms with van der Waals surface area (Å²) in [6, 6.07) is 15.4. The molecule has 1 heterocycles. The molecule has 2 aromatic carbocycles. The molecule has 0 aliphatic rings. The average Bonchev–Trinajstić information content (AvgIpc) is 3.16. The lowest BCUT2D eigenvalue weighted by molar-refractivity contribution is -0.140. The fourth-order valence-electron chi connectivity index (χ4n) is 2.88. The Morgan fingerprint density at radius 3 is 2.54 bits per heavy atom. The maximum Gasteiger partial charge on any atom is 0.320 e. The lowest BCUT2D eigenvalue weighted by Crippen LogP contribution is -2.40. The van der Waals surface area contributed by atoms with E-state index in [1.165, 1.54) is 0 Å². The Morgan fingerprint density at radius 2 is 1.92 bits per heavy atom. The highest BCUT2D eigenvalue weighted by atomic mass is 16.4. The summed E-state index contributed by atoms with van der Waals surface area (Å²) in [4.78, 5) is 11.4. The third-order valence-corrected chi connectivity index (χ3v) is 4.23. The summed E-state index contributed by atoms with van der Waals surface area (Å²) in [5.41, 5.74) is 3.90. The fraction of sp³-hybridized carbons (Fsp3) is 0.263. The average molecular weight is 351 g/mol. The van der Waals surface area contributed by atoms with Crippen LogP contribution in [0.4, 0.5) is 0 Å². The molecule has 1 atom stereocenters. The molecule has 1 unspecified atom stereocenters. The zero-order valence-electron chi connectivity index (χ0n) is 14.7. The molecule has 26 heavy (non-hydrogen) atoms. The standard InChI is InChI=1S/C19H21N5O2/c1-12(2)17(19(25)26)20-11-13-8-9-15(14-6-4-3-5-7-14)16(10-13)18-21-23-24-22-18/h3-10,12,17,20H,11H2,1-2H3,(H,25,26)(H,21,22,23,24). The van der Waals surface area contributed by atoms with Crippen molar-refractivity contribution in [1.29, 1.82) is 0 Å². The minimum atomic E-state index is -0.847. The number of carboxylic acids is 1. The smallest absolute Gasteiger partial charge is 0.320 e. The normalized spacial score (nSPS) is 12.3. The van der Waals surface area contributed by atoms with E-state index < -0.39 is 12.0 Å². The van der Waals surface area contributed by atoms with Crippen LogP contribution in [0.25, 0.3) is 22.5 Å². The van der Waals surface area contributed by atoms with Gasteiger partial charge in [0.15, 0.2) is 5.82 Å². The fourth-order valence-corrected chi connectivity index (χ4v) is 2.88. The van der Waals surface area contributed by atoms with Gasteiger partial charge in [0.25, 0.3) is 0 Å². The molecule has 7 nitrogen and oxygen atoms in total. The van der Waals surface area contributed by atoms with E-state index in [0.717, 1.165) is 22.3 Å². The number of aromatic amines is 1. The van der Waals surface area contributed by atoms with Crippen LogP contribution in [0.15, 0.2) is 48.5 Å². The van der Waals surface area contributed by atoms with Gasteiger partial charge in [0.2, 0.25) is 0 Å². The van der Waals surface area contributed by atoms with Crippen LogP contribution in [-0.4, -0.2) is 37.7 Å². The minimum absolute atomic E-state index is 0.00552. The van der Waals surface area contributed by atoms with Crippen molar-refractivity contribution in [2.75, 3.05) is 0 Å². The van der Waals surface area contributed by atoms with E-state index in [9.17, 15) is 9.90 Å². The largest absolute Gasteiger partial charge is 0.480 e. The van der Waals surface area contributed by atoms with Gasteiger partial charge in [0.05, 0.1) is 0 Å². The summed E-state index contributed by atoms with van der Waals surface area (Å²) >= 11 is 0. The molecule has 134 valence electrons. The molecule has 7 heteroatoms. The molecule has 0 aliphatic heterocycles. The van der Waals surface area contributed by atoms with Gasteiger partial charge >= 0.3 is 5.97 Å². The highest BCUT2D eigenvalue weighted by molar-refractivity contribution is 5.80. The summed E-state index contributed by atoms with van der Waals surface area (Å²) in [5.74, 6) is -0.279. The number of aliphatic carboxylic acids is 1. The molecule has 3 rings (SSSR count). The summed E-state index contributed by atoms with van der Waals surface area (Å²) in [6.45, 7) is 4.21. The molecule has 0 saturated carbocycles. The number of rotatable bonds is 7. The first-order valence-corrected chi connectivity index (χ1v) is 8.45. The number of carbonyl (C=O) groups is 1. The van der Waals surface area contributed by atoms with Gasteiger partial charge in [0, 0.05) is 12.1 Å². The van der Waals surface area contributed by atoms with E-state index in [0.29, 0.717) is 12.4 Å². The van der Waals surface area contributed by atoms with Crippen molar-refractivity contribution >= 4 is 5.97 Å². The summed E-state index contributed by atoms with van der Waals surface area (Å²) in [5, 5.41) is 26.6. The summed E-state index contributed by atoms with van der Waals surface area (Å²) < 4.78 is 0. The van der Waals surface area contributed by atoms with Crippen LogP contribution in [-0.2, 0) is 11.3 Å². The van der Waals surface area contributed by atoms with Crippen molar-refractivity contribution in [2.24, 2.45) is 5.92 Å². The zero-order chi connectivity index (χ0) is 18.5. The number of H-pyrrole nitrogens is 1. The van der Waals surface area contributed by atoms with E-state index in [1.54, 1.807) is 0 Å². The Labute approximate surface area is 151 Å². The predicted molar refractivity (Wildman–Crippen MR) is 98.2 cm³/mol. The highest BCUT2D eigenvalue weighted by Crippen LogP contribution is 2.30. The van der Waals surface area contributed by atoms with Crippen molar-refractivity contribution in [3.05, 3.63) is 54.1 Å². The van der Waals surface area contributed by atoms with Crippen LogP contribution in [0, 0.1) is 5.92 Å². The first kappa shape index (κ1) is 17.8. The number of nitrogens with one attached hydrogen (secondary N) is 2. The van der Waals surface area contributed by atoms with Crippen LogP contribution in [0.3, 0.4) is 0 Å². The molecule has 3 aromatic rings. The molecular formula is C19H21N5O2. The van der Waals surface area contributed by atoms with Crippen LogP contribution in [0.2, 0.25) is 0 Å². The van der Waals surface area contributed by atoms with Gasteiger partial charge in [-0.3, -0.25) is 4.79 Å². The molecule has 3 N–H and O–H groups in total. The molecule has 0 spiro atoms. The van der Waals surface area contributed by atoms with Crippen molar-refractivity contribution in [3.8, 4) is 22.5 Å². The van der Waals surface area contributed by atoms with Crippen LogP contribution in [0.5, 0.6) is 0 Å². The highest BCUT2D eigenvalue weighted by Gasteiger charge is 2.20. The van der Waals surface area contributed by atoms with Crippen molar-refractivity contribution in [2.45, 2.75) is 26.4 Å². The van der Waals surface area contributed by atoms with Crippen LogP contribution >= 0.6 is 0 Å². The lowest BCUT2D eigenvalue weighted by Gasteiger charge is -2.18. The second-order valence-electron chi connectivity index (χ2n) is 6.44. The number of hydrogen-bond donors (Lipinski definition) is 3. The van der Waals surface area contributed by atoms with Gasteiger partial charge in [-0.05, 0) is 39.1 Å². The number of nitrogens with zero attached hydrogens (tertiary/aromatic N) is 3. The Bertz CT molecular complexity index is 863. The SMILES string of the molecule is CC(C)C(NCc1ccc(-c2ccccc2)c(-c2nnn[nH]2)c1)C(=O)O. The van der Waals surface area contributed by atoms with Crippen molar-refractivity contribution < 1.29 is 9.90 Å². The van der Waals surface area contributed by atoms with Gasteiger partial charge in [-0.25, -0.2) is 5.10 Å². The van der Waals surface area contributed by atoms with Gasteiger partial charge in [0.1, 0.15) is 6.04 Å². The molecule has 0 saturated heterocycles. The maximum absolute atomic E-state index is 11.4. The Hall–Kier alpha value is -3.06. The van der Waals surface area contributed by atoms with Crippen molar-refractivity contribution in [1.82, 2.24) is 25.9 Å². The number of carboxylic acid groups (broad SMARTS) is 1. The number of benzene rings is 2. The second kappa shape index (κ2) is 7.88. The summed E-state index contributed by atoms with van der Waals surface area (Å²) in [7, 11) is 0. The first-order chi connectivity index (χ1) is 12.6. The molecular weight excluding hydrogens is 330 g/mol. The van der Waals surface area contributed by atoms with E-state index in [4.69, 9.17) is 0 Å². The lowest BCUT2D eigenvalue weighted by atomic mass is 9.96. The number of hydrogen-bond acceptors (Lipinski definition) is 5. The van der Waals surface area contributed by atoms with E-state index in [1.807, 2.05) is 62.4 Å². The maximum atomic E-state index is 11.4. The third kappa shape index (κ3) is 3.94. The van der Waals surface area contributed by atoms with E-state index >= 15 is 0 Å². The zero-order valence-corrected chi connectivity index (χ0v) is 14.7. The topological polar surface area (TPSA) is 104 Å². The molecule has 0 aliphatic carbocycles. The quantitative estimate of drug-likeness (QED) is 0.605.